The van der Waals surface area contributed by atoms with E-state index in [1.54, 1.807) is 13.3 Å². The zero-order valence-electron chi connectivity index (χ0n) is 16.6. The molecular formula is C22H27N3OSU. The molecule has 0 amide bonds. The van der Waals surface area contributed by atoms with E-state index in [1.165, 1.54) is 40.8 Å². The molecule has 0 bridgehead atoms. The van der Waals surface area contributed by atoms with Gasteiger partial charge in [0.2, 0.25) is 0 Å². The van der Waals surface area contributed by atoms with Crippen molar-refractivity contribution in [2.75, 3.05) is 7.11 Å². The molecule has 146 valence electrons. The Kier molecular flexibility index (Phi) is 9.65. The van der Waals surface area contributed by atoms with Gasteiger partial charge in [-0.1, -0.05) is 30.2 Å². The molecule has 2 aromatic heterocycles. The van der Waals surface area contributed by atoms with E-state index < -0.39 is 0 Å². The minimum atomic E-state index is -0.312. The maximum Gasteiger partial charge on any atom is 2.00 e. The molecule has 2 aliphatic carbocycles. The Hall–Kier alpha value is -0.718. The van der Waals surface area contributed by atoms with Gasteiger partial charge in [-0.05, 0) is 42.7 Å². The third kappa shape index (κ3) is 5.67. The molecule has 0 radical (unpaired) electrons. The fourth-order valence-electron chi connectivity index (χ4n) is 4.07. The average Bonchev–Trinajstić information content (AvgIpc) is 3.26. The molecular weight excluding hydrogens is 592 g/mol. The summed E-state index contributed by atoms with van der Waals surface area (Å²) in [6.07, 6.45) is 14.8. The van der Waals surface area contributed by atoms with Gasteiger partial charge in [-0.3, -0.25) is 0 Å². The van der Waals surface area contributed by atoms with Gasteiger partial charge >= 0.3 is 31.1 Å². The second-order valence-corrected chi connectivity index (χ2v) is 8.52. The number of hydrogen-bond acceptors (Lipinski definition) is 5. The SMILES string of the molecule is CC(=N)C1CC[CH-]CC1.CO[C@@H](C#N)C[C@H]1CCc2sc3ccn[c-]c3c21.[U+2]. The largest absolute Gasteiger partial charge is 2.00 e. The summed E-state index contributed by atoms with van der Waals surface area (Å²) < 4.78 is 6.44. The molecule has 4 nitrogen and oxygen atoms in total. The van der Waals surface area contributed by atoms with Crippen LogP contribution in [-0.2, 0) is 11.2 Å². The van der Waals surface area contributed by atoms with Gasteiger partial charge < -0.3 is 21.6 Å². The number of hydrogen-bond donors (Lipinski definition) is 1. The normalized spacial score (nSPS) is 19.7. The summed E-state index contributed by atoms with van der Waals surface area (Å²) >= 11 is 1.84. The third-order valence-corrected chi connectivity index (χ3v) is 6.86. The first-order chi connectivity index (χ1) is 13.1. The Balaban J connectivity index is 0.000000239. The number of aromatic nitrogens is 1. The van der Waals surface area contributed by atoms with E-state index in [9.17, 15) is 0 Å². The monoisotopic (exact) mass is 619 g/mol. The topological polar surface area (TPSA) is 69.8 Å². The summed E-state index contributed by atoms with van der Waals surface area (Å²) in [6, 6.07) is 4.25. The number of methoxy groups -OCH3 is 1. The fraction of sp³-hybridized carbons (Fsp3) is 0.545. The molecule has 2 aromatic rings. The summed E-state index contributed by atoms with van der Waals surface area (Å²) in [6.45, 7) is 1.93. The maximum absolute atomic E-state index is 9.01. The van der Waals surface area contributed by atoms with E-state index in [4.69, 9.17) is 15.4 Å². The van der Waals surface area contributed by atoms with E-state index >= 15 is 0 Å². The van der Waals surface area contributed by atoms with E-state index in [2.05, 4.69) is 23.7 Å². The van der Waals surface area contributed by atoms with E-state index in [-0.39, 0.29) is 37.2 Å². The van der Waals surface area contributed by atoms with Crippen molar-refractivity contribution in [2.24, 2.45) is 5.92 Å². The van der Waals surface area contributed by atoms with E-state index in [0.29, 0.717) is 11.8 Å². The zero-order valence-corrected chi connectivity index (χ0v) is 21.6. The van der Waals surface area contributed by atoms with Crippen LogP contribution in [-0.4, -0.2) is 23.9 Å². The molecule has 0 saturated heterocycles. The van der Waals surface area contributed by atoms with Crippen molar-refractivity contribution in [1.29, 1.82) is 10.7 Å². The minimum Gasteiger partial charge on any atom is -0.367 e. The molecule has 1 saturated carbocycles. The Morgan fingerprint density at radius 1 is 1.46 bits per heavy atom. The standard InChI is InChI=1S/C14H13N2OS.C8H14N.U/c1-17-10(7-15)6-9-2-3-13-14(9)11-8-16-5-4-12(11)18-13;1-7(9)8-5-3-2-4-6-8;/h4-5,9-10H,2-3,6H2,1H3;2,8-9H,3-6H2,1H3;/q2*-1;+2/t9-,10-;;/m1../s1. The molecule has 6 heteroatoms. The molecule has 0 aromatic carbocycles. The number of thiophene rings is 1. The van der Waals surface area contributed by atoms with Crippen molar-refractivity contribution in [3.8, 4) is 6.07 Å². The number of aryl methyl sites for hydroxylation is 1. The molecule has 28 heavy (non-hydrogen) atoms. The minimum absolute atomic E-state index is 0. The van der Waals surface area contributed by atoms with Crippen molar-refractivity contribution in [2.45, 2.75) is 63.9 Å². The Morgan fingerprint density at radius 2 is 2.21 bits per heavy atom. The van der Waals surface area contributed by atoms with Crippen LogP contribution in [0.4, 0.5) is 0 Å². The van der Waals surface area contributed by atoms with Crippen LogP contribution >= 0.6 is 11.3 Å². The first-order valence-corrected chi connectivity index (χ1v) is 10.5. The molecule has 1 fully saturated rings. The number of fused-ring (bicyclic) bond motifs is 3. The number of rotatable bonds is 4. The van der Waals surface area contributed by atoms with E-state index in [0.717, 1.165) is 30.4 Å². The molecule has 4 rings (SSSR count). The number of ether oxygens (including phenoxy) is 1. The van der Waals surface area contributed by atoms with E-state index in [1.807, 2.05) is 24.3 Å². The third-order valence-electron chi connectivity index (χ3n) is 5.63. The second-order valence-electron chi connectivity index (χ2n) is 7.38. The molecule has 0 unspecified atom stereocenters. The van der Waals surface area contributed by atoms with Crippen LogP contribution in [0.5, 0.6) is 0 Å². The number of nitriles is 1. The van der Waals surface area contributed by atoms with Gasteiger partial charge in [0.05, 0.1) is 6.07 Å². The maximum atomic E-state index is 9.01. The smallest absolute Gasteiger partial charge is 0.367 e. The summed E-state index contributed by atoms with van der Waals surface area (Å²) in [5.74, 6) is 1.02. The summed E-state index contributed by atoms with van der Waals surface area (Å²) in [4.78, 5) is 5.54. The van der Waals surface area contributed by atoms with Crippen LogP contribution in [0.25, 0.3) is 10.1 Å². The number of pyridine rings is 1. The first kappa shape index (κ1) is 23.6. The van der Waals surface area contributed by atoms with Crippen molar-refractivity contribution >= 4 is 27.1 Å². The van der Waals surface area contributed by atoms with Gasteiger partial charge in [0, 0.05) is 12.8 Å². The fourth-order valence-corrected chi connectivity index (χ4v) is 5.32. The quantitative estimate of drug-likeness (QED) is 0.365. The first-order valence-electron chi connectivity index (χ1n) is 9.71. The van der Waals surface area contributed by atoms with Crippen molar-refractivity contribution in [1.82, 2.24) is 4.98 Å². The van der Waals surface area contributed by atoms with Gasteiger partial charge in [0.1, 0.15) is 6.10 Å². The van der Waals surface area contributed by atoms with Gasteiger partial charge in [-0.25, -0.2) is 11.3 Å². The predicted octanol–water partition coefficient (Wildman–Crippen LogP) is 5.48. The Morgan fingerprint density at radius 3 is 2.82 bits per heavy atom. The second kappa shape index (κ2) is 11.5. The molecule has 0 spiro atoms. The van der Waals surface area contributed by atoms with Gasteiger partial charge in [-0.2, -0.15) is 18.1 Å². The molecule has 0 aliphatic heterocycles. The van der Waals surface area contributed by atoms with Gasteiger partial charge in [-0.15, -0.1) is 17.0 Å². The summed E-state index contributed by atoms with van der Waals surface area (Å²) in [5.41, 5.74) is 2.24. The summed E-state index contributed by atoms with van der Waals surface area (Å²) in [7, 11) is 1.60. The van der Waals surface area contributed by atoms with Crippen LogP contribution in [0, 0.1) is 66.4 Å². The number of nitrogens with zero attached hydrogens (tertiary/aromatic N) is 2. The van der Waals surface area contributed by atoms with Gasteiger partial charge in [0.25, 0.3) is 0 Å². The average molecular weight is 620 g/mol. The molecule has 2 heterocycles. The van der Waals surface area contributed by atoms with Crippen molar-refractivity contribution in [3.63, 3.8) is 0 Å². The van der Waals surface area contributed by atoms with Crippen LogP contribution in [0.3, 0.4) is 0 Å². The van der Waals surface area contributed by atoms with Crippen LogP contribution < -0.4 is 0 Å². The van der Waals surface area contributed by atoms with Crippen molar-refractivity contribution in [3.05, 3.63) is 35.3 Å². The number of nitrogens with one attached hydrogen (secondary N) is 1. The van der Waals surface area contributed by atoms with Gasteiger partial charge in [0.15, 0.2) is 0 Å². The van der Waals surface area contributed by atoms with Crippen LogP contribution in [0.15, 0.2) is 12.3 Å². The molecule has 2 atom stereocenters. The van der Waals surface area contributed by atoms with Crippen LogP contribution in [0.2, 0.25) is 0 Å². The molecule has 1 N–H and O–H groups in total. The zero-order chi connectivity index (χ0) is 19.2. The summed E-state index contributed by atoms with van der Waals surface area (Å²) in [5, 5.41) is 17.5. The Bertz CT molecular complexity index is 823. The Labute approximate surface area is 196 Å². The van der Waals surface area contributed by atoms with Crippen molar-refractivity contribution < 1.29 is 35.9 Å². The van der Waals surface area contributed by atoms with Crippen LogP contribution in [0.1, 0.15) is 61.8 Å². The molecule has 2 aliphatic rings. The predicted molar refractivity (Wildman–Crippen MR) is 110 cm³/mol.